The average Bonchev–Trinajstić information content (AvgIpc) is 2.54. The summed E-state index contributed by atoms with van der Waals surface area (Å²) in [5.41, 5.74) is 0.306. The van der Waals surface area contributed by atoms with E-state index in [1.807, 2.05) is 0 Å². The third-order valence-electron chi connectivity index (χ3n) is 3.09. The molecule has 2 aromatic rings. The molecule has 0 fully saturated rings. The lowest BCUT2D eigenvalue weighted by Gasteiger charge is -2.12. The van der Waals surface area contributed by atoms with Gasteiger partial charge in [-0.25, -0.2) is 0 Å². The predicted molar refractivity (Wildman–Crippen MR) is 96.0 cm³/mol. The van der Waals surface area contributed by atoms with Crippen molar-refractivity contribution < 1.29 is 19.2 Å². The fourth-order valence-corrected chi connectivity index (χ4v) is 3.43. The predicted octanol–water partition coefficient (Wildman–Crippen LogP) is 4.39. The number of nitrogens with one attached hydrogen (secondary N) is 1. The SMILES string of the molecule is COc1ccc(NC(=O)c2cc(Br)cc(Br)c2OC)cc1[N+](=O)[O-]. The maximum Gasteiger partial charge on any atom is 0.312 e. The number of carbonyl (C=O) groups excluding carboxylic acids is 1. The number of hydrogen-bond donors (Lipinski definition) is 1. The Bertz CT molecular complexity index is 811. The van der Waals surface area contributed by atoms with Gasteiger partial charge >= 0.3 is 5.69 Å². The molecule has 0 unspecified atom stereocenters. The lowest BCUT2D eigenvalue weighted by molar-refractivity contribution is -0.385. The lowest BCUT2D eigenvalue weighted by atomic mass is 10.1. The van der Waals surface area contributed by atoms with Crippen LogP contribution >= 0.6 is 31.9 Å². The highest BCUT2D eigenvalue weighted by Crippen LogP contribution is 2.34. The summed E-state index contributed by atoms with van der Waals surface area (Å²) in [5, 5.41) is 13.7. The second-order valence-electron chi connectivity index (χ2n) is 4.57. The van der Waals surface area contributed by atoms with Crippen molar-refractivity contribution in [3.8, 4) is 11.5 Å². The van der Waals surface area contributed by atoms with Gasteiger partial charge in [0.2, 0.25) is 0 Å². The Hall–Kier alpha value is -2.13. The summed E-state index contributed by atoms with van der Waals surface area (Å²) in [4.78, 5) is 23.0. The number of ether oxygens (including phenoxy) is 2. The van der Waals surface area contributed by atoms with E-state index in [4.69, 9.17) is 9.47 Å². The molecule has 0 saturated carbocycles. The molecule has 2 rings (SSSR count). The minimum Gasteiger partial charge on any atom is -0.495 e. The van der Waals surface area contributed by atoms with Gasteiger partial charge in [-0.1, -0.05) is 15.9 Å². The molecule has 9 heteroatoms. The zero-order valence-electron chi connectivity index (χ0n) is 12.6. The molecule has 0 spiro atoms. The summed E-state index contributed by atoms with van der Waals surface area (Å²) >= 11 is 6.63. The summed E-state index contributed by atoms with van der Waals surface area (Å²) in [6, 6.07) is 7.51. The Balaban J connectivity index is 2.37. The van der Waals surface area contributed by atoms with E-state index in [9.17, 15) is 14.9 Å². The van der Waals surface area contributed by atoms with Crippen molar-refractivity contribution in [2.24, 2.45) is 0 Å². The number of benzene rings is 2. The van der Waals surface area contributed by atoms with Crippen molar-refractivity contribution >= 4 is 49.1 Å². The van der Waals surface area contributed by atoms with Gasteiger partial charge in [0, 0.05) is 16.2 Å². The standard InChI is InChI=1S/C15H12Br2N2O5/c1-23-13-4-3-9(7-12(13)19(21)22)18-15(20)10-5-8(16)6-11(17)14(10)24-2/h3-7H,1-2H3,(H,18,20). The quantitative estimate of drug-likeness (QED) is 0.528. The second kappa shape index (κ2) is 7.63. The largest absolute Gasteiger partial charge is 0.495 e. The van der Waals surface area contributed by atoms with Gasteiger partial charge in [0.1, 0.15) is 5.75 Å². The van der Waals surface area contributed by atoms with E-state index in [-0.39, 0.29) is 22.7 Å². The topological polar surface area (TPSA) is 90.7 Å². The van der Waals surface area contributed by atoms with Gasteiger partial charge in [-0.15, -0.1) is 0 Å². The van der Waals surface area contributed by atoms with Crippen LogP contribution in [0.2, 0.25) is 0 Å². The van der Waals surface area contributed by atoms with E-state index < -0.39 is 10.8 Å². The maximum absolute atomic E-state index is 12.5. The molecule has 0 aliphatic rings. The number of nitro benzene ring substituents is 1. The van der Waals surface area contributed by atoms with Crippen LogP contribution in [0.15, 0.2) is 39.3 Å². The highest BCUT2D eigenvalue weighted by molar-refractivity contribution is 9.11. The van der Waals surface area contributed by atoms with E-state index in [1.165, 1.54) is 32.4 Å². The fourth-order valence-electron chi connectivity index (χ4n) is 2.05. The average molecular weight is 460 g/mol. The molecule has 126 valence electrons. The van der Waals surface area contributed by atoms with Crippen LogP contribution in [0.4, 0.5) is 11.4 Å². The molecule has 1 amide bonds. The number of nitro groups is 1. The Kier molecular flexibility index (Phi) is 5.79. The van der Waals surface area contributed by atoms with Gasteiger partial charge in [-0.2, -0.15) is 0 Å². The summed E-state index contributed by atoms with van der Waals surface area (Å²) < 4.78 is 11.4. The van der Waals surface area contributed by atoms with Gasteiger partial charge in [0.15, 0.2) is 5.75 Å². The minimum atomic E-state index is -0.579. The minimum absolute atomic E-state index is 0.112. The molecular formula is C15H12Br2N2O5. The van der Waals surface area contributed by atoms with E-state index in [0.717, 1.165) is 0 Å². The van der Waals surface area contributed by atoms with Crippen LogP contribution in [0.25, 0.3) is 0 Å². The number of methoxy groups -OCH3 is 2. The zero-order chi connectivity index (χ0) is 17.9. The highest BCUT2D eigenvalue weighted by Gasteiger charge is 2.19. The molecule has 24 heavy (non-hydrogen) atoms. The molecule has 2 aromatic carbocycles. The van der Waals surface area contributed by atoms with E-state index >= 15 is 0 Å². The number of halogens is 2. The van der Waals surface area contributed by atoms with Crippen LogP contribution in [-0.4, -0.2) is 25.1 Å². The van der Waals surface area contributed by atoms with Gasteiger partial charge in [-0.05, 0) is 40.2 Å². The van der Waals surface area contributed by atoms with Crippen molar-refractivity contribution in [1.29, 1.82) is 0 Å². The lowest BCUT2D eigenvalue weighted by Crippen LogP contribution is -2.13. The Labute approximate surface area is 154 Å². The van der Waals surface area contributed by atoms with Crippen molar-refractivity contribution in [1.82, 2.24) is 0 Å². The molecule has 7 nitrogen and oxygen atoms in total. The van der Waals surface area contributed by atoms with Crippen molar-refractivity contribution in [3.63, 3.8) is 0 Å². The molecular weight excluding hydrogens is 448 g/mol. The Morgan fingerprint density at radius 3 is 2.46 bits per heavy atom. The van der Waals surface area contributed by atoms with Gasteiger partial charge in [0.25, 0.3) is 5.91 Å². The maximum atomic E-state index is 12.5. The van der Waals surface area contributed by atoms with Crippen molar-refractivity contribution in [2.75, 3.05) is 19.5 Å². The highest BCUT2D eigenvalue weighted by atomic mass is 79.9. The normalized spacial score (nSPS) is 10.2. The number of anilines is 1. The molecule has 0 bridgehead atoms. The van der Waals surface area contributed by atoms with Crippen molar-refractivity contribution in [2.45, 2.75) is 0 Å². The van der Waals surface area contributed by atoms with Gasteiger partial charge in [-0.3, -0.25) is 14.9 Å². The second-order valence-corrected chi connectivity index (χ2v) is 6.34. The summed E-state index contributed by atoms with van der Waals surface area (Å²) in [5.74, 6) is 0.00723. The molecule has 0 aromatic heterocycles. The summed E-state index contributed by atoms with van der Waals surface area (Å²) in [6.45, 7) is 0. The molecule has 1 N–H and O–H groups in total. The van der Waals surface area contributed by atoms with Crippen LogP contribution in [0.3, 0.4) is 0 Å². The van der Waals surface area contributed by atoms with Crippen LogP contribution < -0.4 is 14.8 Å². The number of hydrogen-bond acceptors (Lipinski definition) is 5. The first kappa shape index (κ1) is 18.2. The smallest absolute Gasteiger partial charge is 0.312 e. The monoisotopic (exact) mass is 458 g/mol. The number of amides is 1. The van der Waals surface area contributed by atoms with E-state index in [2.05, 4.69) is 37.2 Å². The van der Waals surface area contributed by atoms with Crippen LogP contribution in [0, 0.1) is 10.1 Å². The van der Waals surface area contributed by atoms with Gasteiger partial charge < -0.3 is 14.8 Å². The summed E-state index contributed by atoms with van der Waals surface area (Å²) in [6.07, 6.45) is 0. The Morgan fingerprint density at radius 2 is 1.88 bits per heavy atom. The van der Waals surface area contributed by atoms with Crippen molar-refractivity contribution in [3.05, 3.63) is 55.0 Å². The number of carbonyl (C=O) groups is 1. The fraction of sp³-hybridized carbons (Fsp3) is 0.133. The molecule has 0 heterocycles. The molecule has 0 aliphatic carbocycles. The first-order valence-corrected chi connectivity index (χ1v) is 8.12. The van der Waals surface area contributed by atoms with E-state index in [0.29, 0.717) is 14.7 Å². The number of nitrogens with zero attached hydrogens (tertiary/aromatic N) is 1. The third kappa shape index (κ3) is 3.85. The third-order valence-corrected chi connectivity index (χ3v) is 4.14. The van der Waals surface area contributed by atoms with Crippen LogP contribution in [0.1, 0.15) is 10.4 Å². The Morgan fingerprint density at radius 1 is 1.17 bits per heavy atom. The van der Waals surface area contributed by atoms with E-state index in [1.54, 1.807) is 12.1 Å². The summed E-state index contributed by atoms with van der Waals surface area (Å²) in [7, 11) is 2.79. The van der Waals surface area contributed by atoms with Crippen LogP contribution in [-0.2, 0) is 0 Å². The number of rotatable bonds is 5. The van der Waals surface area contributed by atoms with Crippen LogP contribution in [0.5, 0.6) is 11.5 Å². The molecule has 0 atom stereocenters. The zero-order valence-corrected chi connectivity index (χ0v) is 15.8. The molecule has 0 aliphatic heterocycles. The first-order valence-electron chi connectivity index (χ1n) is 6.54. The first-order chi connectivity index (χ1) is 11.4. The molecule has 0 radical (unpaired) electrons. The van der Waals surface area contributed by atoms with Gasteiger partial charge in [0.05, 0.1) is 29.2 Å². The molecule has 0 saturated heterocycles.